The average molecular weight is 427 g/mol. The van der Waals surface area contributed by atoms with Crippen LogP contribution >= 0.6 is 15.9 Å². The van der Waals surface area contributed by atoms with E-state index in [-0.39, 0.29) is 24.2 Å². The number of benzene rings is 2. The normalized spacial score (nSPS) is 16.6. The third-order valence-corrected chi connectivity index (χ3v) is 5.36. The van der Waals surface area contributed by atoms with Gasteiger partial charge in [-0.15, -0.1) is 0 Å². The van der Waals surface area contributed by atoms with Crippen molar-refractivity contribution in [2.45, 2.75) is 25.5 Å². The Labute approximate surface area is 165 Å². The monoisotopic (exact) mass is 426 g/mol. The minimum absolute atomic E-state index is 0.0513. The lowest BCUT2D eigenvalue weighted by atomic mass is 10.1. The molecule has 6 heteroatoms. The first-order valence-corrected chi connectivity index (χ1v) is 9.71. The molecule has 4 rings (SSSR count). The van der Waals surface area contributed by atoms with Crippen LogP contribution in [0, 0.1) is 0 Å². The summed E-state index contributed by atoms with van der Waals surface area (Å²) in [6, 6.07) is 16.6. The molecule has 0 aliphatic carbocycles. The van der Waals surface area contributed by atoms with Gasteiger partial charge in [-0.3, -0.25) is 9.69 Å². The van der Waals surface area contributed by atoms with Crippen LogP contribution in [0.4, 0.5) is 4.79 Å². The zero-order valence-corrected chi connectivity index (χ0v) is 16.2. The summed E-state index contributed by atoms with van der Waals surface area (Å²) in [7, 11) is 0. The van der Waals surface area contributed by atoms with E-state index in [4.69, 9.17) is 4.74 Å². The highest BCUT2D eigenvalue weighted by molar-refractivity contribution is 9.10. The number of aromatic nitrogens is 1. The maximum atomic E-state index is 12.6. The molecule has 1 unspecified atom stereocenters. The second-order valence-corrected chi connectivity index (χ2v) is 7.59. The van der Waals surface area contributed by atoms with Crippen molar-refractivity contribution in [1.29, 1.82) is 0 Å². The van der Waals surface area contributed by atoms with E-state index in [9.17, 15) is 9.59 Å². The molecule has 1 fully saturated rings. The van der Waals surface area contributed by atoms with E-state index in [0.717, 1.165) is 34.1 Å². The molecule has 27 heavy (non-hydrogen) atoms. The Kier molecular flexibility index (Phi) is 4.99. The molecule has 138 valence electrons. The first-order chi connectivity index (χ1) is 13.1. The van der Waals surface area contributed by atoms with Gasteiger partial charge in [-0.1, -0.05) is 46.3 Å². The van der Waals surface area contributed by atoms with Crippen molar-refractivity contribution in [1.82, 2.24) is 9.88 Å². The second kappa shape index (κ2) is 7.56. The number of fused-ring (bicyclic) bond motifs is 1. The summed E-state index contributed by atoms with van der Waals surface area (Å²) in [5, 5.41) is 0.629. The molecule has 0 bridgehead atoms. The molecule has 5 nitrogen and oxygen atoms in total. The molecule has 1 aromatic heterocycles. The summed E-state index contributed by atoms with van der Waals surface area (Å²) in [5.74, 6) is 0. The minimum atomic E-state index is -0.349. The molecule has 2 heterocycles. The summed E-state index contributed by atoms with van der Waals surface area (Å²) in [4.78, 5) is 30.2. The van der Waals surface area contributed by atoms with Crippen molar-refractivity contribution in [2.24, 2.45) is 0 Å². The number of likely N-dealkylation sites (tertiary alicyclic amines) is 1. The molecular weight excluding hydrogens is 408 g/mol. The highest BCUT2D eigenvalue weighted by atomic mass is 79.9. The van der Waals surface area contributed by atoms with Crippen molar-refractivity contribution < 1.29 is 9.53 Å². The number of carbonyl (C=O) groups is 1. The number of pyridine rings is 1. The standard InChI is InChI=1S/C21H19BrN2O3/c22-15-8-9-17-16(11-15)20(25)12-18(23-17)19-7-4-10-24(19)21(26)27-13-14-5-2-1-3-6-14/h1-3,5-6,8-9,11-12,19H,4,7,10,13H2,(H,23,25). The van der Waals surface area contributed by atoms with Gasteiger partial charge in [-0.05, 0) is 36.6 Å². The summed E-state index contributed by atoms with van der Waals surface area (Å²) in [6.45, 7) is 0.865. The average Bonchev–Trinajstić information content (AvgIpc) is 3.17. The molecule has 2 aromatic carbocycles. The molecule has 1 aliphatic heterocycles. The van der Waals surface area contributed by atoms with Gasteiger partial charge in [-0.2, -0.15) is 0 Å². The largest absolute Gasteiger partial charge is 0.445 e. The van der Waals surface area contributed by atoms with E-state index in [1.165, 1.54) is 0 Å². The number of ether oxygens (including phenoxy) is 1. The Balaban J connectivity index is 1.56. The molecule has 1 saturated heterocycles. The molecule has 1 N–H and O–H groups in total. The van der Waals surface area contributed by atoms with Crippen LogP contribution in [-0.2, 0) is 11.3 Å². The van der Waals surface area contributed by atoms with Crippen molar-refractivity contribution in [3.8, 4) is 0 Å². The topological polar surface area (TPSA) is 62.4 Å². The molecule has 0 radical (unpaired) electrons. The number of hydrogen-bond donors (Lipinski definition) is 1. The van der Waals surface area contributed by atoms with Crippen LogP contribution in [0.3, 0.4) is 0 Å². The van der Waals surface area contributed by atoms with Gasteiger partial charge in [0.1, 0.15) is 6.61 Å². The van der Waals surface area contributed by atoms with E-state index in [2.05, 4.69) is 20.9 Å². The maximum Gasteiger partial charge on any atom is 0.410 e. The van der Waals surface area contributed by atoms with Crippen LogP contribution in [0.15, 0.2) is 63.9 Å². The predicted octanol–water partition coefficient (Wildman–Crippen LogP) is 4.76. The molecule has 0 saturated carbocycles. The summed E-state index contributed by atoms with van der Waals surface area (Å²) in [6.07, 6.45) is 1.34. The van der Waals surface area contributed by atoms with Gasteiger partial charge >= 0.3 is 6.09 Å². The second-order valence-electron chi connectivity index (χ2n) is 6.67. The number of rotatable bonds is 3. The fourth-order valence-electron chi connectivity index (χ4n) is 3.53. The maximum absolute atomic E-state index is 12.6. The fraction of sp³-hybridized carbons (Fsp3) is 0.238. The van der Waals surface area contributed by atoms with Crippen LogP contribution in [0.2, 0.25) is 0 Å². The van der Waals surface area contributed by atoms with Crippen LogP contribution in [0.1, 0.15) is 30.1 Å². The van der Waals surface area contributed by atoms with Gasteiger partial charge in [-0.25, -0.2) is 4.79 Å². The number of nitrogens with zero attached hydrogens (tertiary/aromatic N) is 1. The zero-order valence-electron chi connectivity index (χ0n) is 14.7. The number of H-pyrrole nitrogens is 1. The van der Waals surface area contributed by atoms with Crippen molar-refractivity contribution >= 4 is 32.9 Å². The first-order valence-electron chi connectivity index (χ1n) is 8.91. The Morgan fingerprint density at radius 3 is 2.81 bits per heavy atom. The quantitative estimate of drug-likeness (QED) is 0.656. The van der Waals surface area contributed by atoms with Gasteiger partial charge in [0.25, 0.3) is 0 Å². The van der Waals surface area contributed by atoms with Crippen LogP contribution in [0.25, 0.3) is 10.9 Å². The number of aromatic amines is 1. The number of carbonyl (C=O) groups excluding carboxylic acids is 1. The molecule has 3 aromatic rings. The van der Waals surface area contributed by atoms with Crippen molar-refractivity contribution in [3.63, 3.8) is 0 Å². The molecule has 0 spiro atoms. The Bertz CT molecular complexity index is 1030. The van der Waals surface area contributed by atoms with Crippen LogP contribution in [0.5, 0.6) is 0 Å². The first kappa shape index (κ1) is 17.8. The van der Waals surface area contributed by atoms with E-state index >= 15 is 0 Å². The highest BCUT2D eigenvalue weighted by Gasteiger charge is 2.32. The SMILES string of the molecule is O=C(OCc1ccccc1)N1CCCC1c1cc(=O)c2cc(Br)ccc2[nH]1. The molecule has 1 aliphatic rings. The summed E-state index contributed by atoms with van der Waals surface area (Å²) >= 11 is 3.39. The lowest BCUT2D eigenvalue weighted by molar-refractivity contribution is 0.0915. The number of halogens is 1. The minimum Gasteiger partial charge on any atom is -0.445 e. The molecule has 1 amide bonds. The lowest BCUT2D eigenvalue weighted by Crippen LogP contribution is -2.32. The van der Waals surface area contributed by atoms with Gasteiger partial charge in [0.05, 0.1) is 6.04 Å². The van der Waals surface area contributed by atoms with Gasteiger partial charge in [0, 0.05) is 33.7 Å². The van der Waals surface area contributed by atoms with Crippen LogP contribution < -0.4 is 5.43 Å². The molecule has 1 atom stereocenters. The van der Waals surface area contributed by atoms with Gasteiger partial charge in [0.2, 0.25) is 0 Å². The lowest BCUT2D eigenvalue weighted by Gasteiger charge is -2.24. The van der Waals surface area contributed by atoms with Gasteiger partial charge in [0.15, 0.2) is 5.43 Å². The highest BCUT2D eigenvalue weighted by Crippen LogP contribution is 2.32. The Morgan fingerprint density at radius 2 is 2.00 bits per heavy atom. The third kappa shape index (κ3) is 3.76. The van der Waals surface area contributed by atoms with Crippen molar-refractivity contribution in [2.75, 3.05) is 6.54 Å². The fourth-order valence-corrected chi connectivity index (χ4v) is 3.89. The van der Waals surface area contributed by atoms with Gasteiger partial charge < -0.3 is 9.72 Å². The Morgan fingerprint density at radius 1 is 1.19 bits per heavy atom. The third-order valence-electron chi connectivity index (χ3n) is 4.86. The van der Waals surface area contributed by atoms with Crippen molar-refractivity contribution in [3.05, 3.63) is 80.6 Å². The molecular formula is C21H19BrN2O3. The smallest absolute Gasteiger partial charge is 0.410 e. The number of nitrogens with one attached hydrogen (secondary N) is 1. The van der Waals surface area contributed by atoms with E-state index in [1.54, 1.807) is 17.0 Å². The number of amides is 1. The number of hydrogen-bond acceptors (Lipinski definition) is 3. The zero-order chi connectivity index (χ0) is 18.8. The van der Waals surface area contributed by atoms with E-state index in [1.807, 2.05) is 42.5 Å². The van der Waals surface area contributed by atoms with Crippen LogP contribution in [-0.4, -0.2) is 22.5 Å². The summed E-state index contributed by atoms with van der Waals surface area (Å²) < 4.78 is 6.35. The van der Waals surface area contributed by atoms with E-state index < -0.39 is 0 Å². The Hall–Kier alpha value is -2.60. The predicted molar refractivity (Wildman–Crippen MR) is 108 cm³/mol. The summed E-state index contributed by atoms with van der Waals surface area (Å²) in [5.41, 5.74) is 2.42. The van der Waals surface area contributed by atoms with E-state index in [0.29, 0.717) is 11.9 Å².